The van der Waals surface area contributed by atoms with Crippen LogP contribution in [0.1, 0.15) is 6.92 Å². The number of hydrogen-bond acceptors (Lipinski definition) is 9. The first-order valence-electron chi connectivity index (χ1n) is 6.54. The minimum atomic E-state index is -0.702. The number of aromatic nitrogens is 1. The minimum absolute atomic E-state index is 0.00769. The molecule has 0 aliphatic rings. The summed E-state index contributed by atoms with van der Waals surface area (Å²) in [5, 5.41) is 8.90. The van der Waals surface area contributed by atoms with Crippen LogP contribution in [0.2, 0.25) is 0 Å². The number of ether oxygens (including phenoxy) is 2. The van der Waals surface area contributed by atoms with Gasteiger partial charge in [-0.2, -0.15) is 0 Å². The van der Waals surface area contributed by atoms with Gasteiger partial charge in [0.15, 0.2) is 11.6 Å². The number of carbonyl (C=O) groups excluding carboxylic acids is 1. The van der Waals surface area contributed by atoms with Crippen molar-refractivity contribution in [1.82, 2.24) is 4.98 Å². The van der Waals surface area contributed by atoms with E-state index in [9.17, 15) is 4.79 Å². The molecular formula is C14H19N5O4. The molecule has 124 valence electrons. The molecule has 9 nitrogen and oxygen atoms in total. The summed E-state index contributed by atoms with van der Waals surface area (Å²) < 4.78 is 9.38. The van der Waals surface area contributed by atoms with Crippen molar-refractivity contribution in [2.24, 2.45) is 0 Å². The summed E-state index contributed by atoms with van der Waals surface area (Å²) >= 11 is 0. The number of hydrogen-bond donors (Lipinski definition) is 5. The van der Waals surface area contributed by atoms with Crippen LogP contribution in [0.4, 0.5) is 27.8 Å². The van der Waals surface area contributed by atoms with E-state index in [0.717, 1.165) is 0 Å². The fourth-order valence-electron chi connectivity index (χ4n) is 1.33. The molecule has 0 atom stereocenters. The first-order chi connectivity index (χ1) is 10.8. The minimum Gasteiger partial charge on any atom is -0.504 e. The predicted molar refractivity (Wildman–Crippen MR) is 87.6 cm³/mol. The molecule has 1 heterocycles. The monoisotopic (exact) mass is 321 g/mol. The Morgan fingerprint density at radius 2 is 1.74 bits per heavy atom. The van der Waals surface area contributed by atoms with E-state index in [2.05, 4.69) is 9.72 Å². The van der Waals surface area contributed by atoms with Crippen LogP contribution in [0.15, 0.2) is 30.3 Å². The molecule has 0 radical (unpaired) electrons. The quantitative estimate of drug-likeness (QED) is 0.310. The van der Waals surface area contributed by atoms with Crippen molar-refractivity contribution >= 4 is 29.2 Å². The fourth-order valence-corrected chi connectivity index (χ4v) is 1.33. The summed E-state index contributed by atoms with van der Waals surface area (Å²) in [5.41, 5.74) is 22.0. The number of rotatable bonds is 2. The molecule has 1 aromatic heterocycles. The van der Waals surface area contributed by atoms with Crippen LogP contribution in [-0.2, 0) is 4.74 Å². The zero-order valence-electron chi connectivity index (χ0n) is 12.5. The van der Waals surface area contributed by atoms with Crippen molar-refractivity contribution in [3.05, 3.63) is 30.3 Å². The number of anilines is 4. The maximum absolute atomic E-state index is 10.8. The lowest BCUT2D eigenvalue weighted by Gasteiger charge is -2.03. The van der Waals surface area contributed by atoms with Crippen molar-refractivity contribution < 1.29 is 19.4 Å². The van der Waals surface area contributed by atoms with Crippen molar-refractivity contribution in [2.45, 2.75) is 6.92 Å². The van der Waals surface area contributed by atoms with Crippen molar-refractivity contribution in [3.63, 3.8) is 0 Å². The lowest BCUT2D eigenvalue weighted by Crippen LogP contribution is -2.09. The predicted octanol–water partition coefficient (Wildman–Crippen LogP) is 1.34. The second-order valence-electron chi connectivity index (χ2n) is 4.22. The summed E-state index contributed by atoms with van der Waals surface area (Å²) in [7, 11) is 0. The molecule has 0 fully saturated rings. The van der Waals surface area contributed by atoms with Crippen LogP contribution in [-0.4, -0.2) is 22.9 Å². The zero-order valence-corrected chi connectivity index (χ0v) is 12.5. The van der Waals surface area contributed by atoms with Crippen molar-refractivity contribution in [3.8, 4) is 11.5 Å². The SMILES string of the molecule is CCOC(=O)Oc1ccc(N)cc1.Nc1cc(O)c(N)nc1N. The third-order valence-corrected chi connectivity index (χ3v) is 2.43. The molecule has 0 saturated heterocycles. The third-order valence-electron chi connectivity index (χ3n) is 2.43. The molecule has 9 heteroatoms. The maximum Gasteiger partial charge on any atom is 0.513 e. The van der Waals surface area contributed by atoms with Crippen LogP contribution in [0.5, 0.6) is 11.5 Å². The van der Waals surface area contributed by atoms with E-state index in [1.54, 1.807) is 31.2 Å². The highest BCUT2D eigenvalue weighted by molar-refractivity contribution is 5.66. The molecule has 0 unspecified atom stereocenters. The average Bonchev–Trinajstić information content (AvgIpc) is 2.49. The van der Waals surface area contributed by atoms with Crippen LogP contribution in [0, 0.1) is 0 Å². The molecule has 2 aromatic rings. The summed E-state index contributed by atoms with van der Waals surface area (Å²) in [4.78, 5) is 14.4. The number of nitrogens with two attached hydrogens (primary N) is 4. The van der Waals surface area contributed by atoms with Crippen LogP contribution >= 0.6 is 0 Å². The Hall–Kier alpha value is -3.36. The lowest BCUT2D eigenvalue weighted by atomic mass is 10.3. The number of pyridine rings is 1. The number of nitrogen functional groups attached to an aromatic ring is 4. The van der Waals surface area contributed by atoms with E-state index in [0.29, 0.717) is 18.0 Å². The van der Waals surface area contributed by atoms with Gasteiger partial charge in [-0.15, -0.1) is 0 Å². The molecule has 0 aliphatic heterocycles. The van der Waals surface area contributed by atoms with Crippen molar-refractivity contribution in [1.29, 1.82) is 0 Å². The van der Waals surface area contributed by atoms with Gasteiger partial charge in [-0.3, -0.25) is 0 Å². The van der Waals surface area contributed by atoms with E-state index in [1.165, 1.54) is 6.07 Å². The Morgan fingerprint density at radius 1 is 1.13 bits per heavy atom. The molecule has 0 aliphatic carbocycles. The van der Waals surface area contributed by atoms with E-state index in [1.807, 2.05) is 0 Å². The Morgan fingerprint density at radius 3 is 2.26 bits per heavy atom. The number of carbonyl (C=O) groups is 1. The van der Waals surface area contributed by atoms with E-state index in [4.69, 9.17) is 32.8 Å². The molecule has 2 rings (SSSR count). The van der Waals surface area contributed by atoms with Crippen LogP contribution in [0.25, 0.3) is 0 Å². The van der Waals surface area contributed by atoms with Crippen molar-refractivity contribution in [2.75, 3.05) is 29.5 Å². The van der Waals surface area contributed by atoms with Gasteiger partial charge in [-0.1, -0.05) is 0 Å². The first kappa shape index (κ1) is 17.7. The number of aromatic hydroxyl groups is 1. The summed E-state index contributed by atoms with van der Waals surface area (Å²) in [6, 6.07) is 7.76. The van der Waals surface area contributed by atoms with E-state index >= 15 is 0 Å². The van der Waals surface area contributed by atoms with Gasteiger partial charge >= 0.3 is 6.16 Å². The van der Waals surface area contributed by atoms with Gasteiger partial charge in [0.25, 0.3) is 0 Å². The molecule has 0 saturated carbocycles. The fraction of sp³-hybridized carbons (Fsp3) is 0.143. The summed E-state index contributed by atoms with van der Waals surface area (Å²) in [6.07, 6.45) is -0.702. The standard InChI is InChI=1S/C9H11NO3.C5H8N4O/c1-2-12-9(11)13-8-5-3-7(10)4-6-8;6-2-1-3(10)5(8)9-4(2)7/h3-6H,2,10H2,1H3;1,10H,6H2,(H4,7,8,9). The Labute approximate surface area is 132 Å². The van der Waals surface area contributed by atoms with Gasteiger partial charge < -0.3 is 37.5 Å². The number of nitrogens with zero attached hydrogens (tertiary/aromatic N) is 1. The maximum atomic E-state index is 10.8. The van der Waals surface area contributed by atoms with Gasteiger partial charge in [0, 0.05) is 11.8 Å². The largest absolute Gasteiger partial charge is 0.513 e. The lowest BCUT2D eigenvalue weighted by molar-refractivity contribution is 0.104. The van der Waals surface area contributed by atoms with Gasteiger partial charge in [0.05, 0.1) is 12.3 Å². The Kier molecular flexibility index (Phi) is 6.29. The Bertz CT molecular complexity index is 611. The molecule has 0 amide bonds. The smallest absolute Gasteiger partial charge is 0.504 e. The molecule has 1 aromatic carbocycles. The summed E-state index contributed by atoms with van der Waals surface area (Å²) in [5.74, 6) is 0.404. The van der Waals surface area contributed by atoms with Crippen LogP contribution < -0.4 is 27.7 Å². The second-order valence-corrected chi connectivity index (χ2v) is 4.22. The van der Waals surface area contributed by atoms with Gasteiger partial charge in [0.1, 0.15) is 11.6 Å². The normalized spacial score (nSPS) is 9.43. The highest BCUT2D eigenvalue weighted by Crippen LogP contribution is 2.23. The van der Waals surface area contributed by atoms with Crippen LogP contribution in [0.3, 0.4) is 0 Å². The van der Waals surface area contributed by atoms with E-state index in [-0.39, 0.29) is 23.1 Å². The molecule has 0 bridgehead atoms. The van der Waals surface area contributed by atoms with Gasteiger partial charge in [0.2, 0.25) is 0 Å². The molecule has 0 spiro atoms. The first-order valence-corrected chi connectivity index (χ1v) is 6.54. The third kappa shape index (κ3) is 5.87. The summed E-state index contributed by atoms with van der Waals surface area (Å²) in [6.45, 7) is 2.01. The highest BCUT2D eigenvalue weighted by Gasteiger charge is 2.03. The van der Waals surface area contributed by atoms with Gasteiger partial charge in [-0.05, 0) is 31.2 Å². The Balaban J connectivity index is 0.000000238. The highest BCUT2D eigenvalue weighted by atomic mass is 16.7. The second kappa shape index (κ2) is 8.17. The molecular weight excluding hydrogens is 302 g/mol. The topological polar surface area (TPSA) is 173 Å². The average molecular weight is 321 g/mol. The van der Waals surface area contributed by atoms with E-state index < -0.39 is 6.16 Å². The molecule has 9 N–H and O–H groups in total. The molecule has 23 heavy (non-hydrogen) atoms. The zero-order chi connectivity index (χ0) is 17.4. The van der Waals surface area contributed by atoms with Gasteiger partial charge in [-0.25, -0.2) is 9.78 Å². The number of benzene rings is 1.